The van der Waals surface area contributed by atoms with Crippen molar-refractivity contribution in [2.75, 3.05) is 26.7 Å². The molecule has 2 aromatic rings. The van der Waals surface area contributed by atoms with Crippen LogP contribution in [0.2, 0.25) is 5.02 Å². The van der Waals surface area contributed by atoms with E-state index in [-0.39, 0.29) is 30.8 Å². The predicted octanol–water partition coefficient (Wildman–Crippen LogP) is 2.88. The molecule has 1 aliphatic heterocycles. The van der Waals surface area contributed by atoms with Gasteiger partial charge in [0, 0.05) is 42.6 Å². The largest absolute Gasteiger partial charge is 0.496 e. The summed E-state index contributed by atoms with van der Waals surface area (Å²) in [6.45, 7) is 2.18. The number of piperazine rings is 1. The zero-order chi connectivity index (χ0) is 16.9. The molecule has 1 atom stereocenters. The van der Waals surface area contributed by atoms with Crippen LogP contribution in [0.5, 0.6) is 5.75 Å². The average molecular weight is 382 g/mol. The number of pyridine rings is 1. The van der Waals surface area contributed by atoms with E-state index in [0.717, 1.165) is 24.2 Å². The maximum Gasteiger partial charge on any atom is 0.227 e. The second kappa shape index (κ2) is 9.04. The van der Waals surface area contributed by atoms with E-state index in [1.165, 1.54) is 0 Å². The summed E-state index contributed by atoms with van der Waals surface area (Å²) >= 11 is 6.07. The summed E-state index contributed by atoms with van der Waals surface area (Å²) in [5.41, 5.74) is 1.84. The lowest BCUT2D eigenvalue weighted by atomic mass is 10.0. The minimum atomic E-state index is -0.00914. The smallest absolute Gasteiger partial charge is 0.227 e. The second-order valence-electron chi connectivity index (χ2n) is 5.73. The number of ether oxygens (including phenoxy) is 1. The molecule has 1 aromatic heterocycles. The number of methoxy groups -OCH3 is 1. The van der Waals surface area contributed by atoms with E-state index in [9.17, 15) is 4.79 Å². The van der Waals surface area contributed by atoms with Crippen molar-refractivity contribution in [3.05, 3.63) is 58.9 Å². The zero-order valence-electron chi connectivity index (χ0n) is 13.9. The first kappa shape index (κ1) is 19.5. The van der Waals surface area contributed by atoms with Crippen LogP contribution in [0.25, 0.3) is 0 Å². The van der Waals surface area contributed by atoms with Crippen molar-refractivity contribution in [3.63, 3.8) is 0 Å². The third-order valence-electron chi connectivity index (χ3n) is 4.22. The van der Waals surface area contributed by atoms with Gasteiger partial charge < -0.3 is 15.0 Å². The van der Waals surface area contributed by atoms with E-state index in [1.54, 1.807) is 31.5 Å². The highest BCUT2D eigenvalue weighted by molar-refractivity contribution is 6.30. The van der Waals surface area contributed by atoms with E-state index in [4.69, 9.17) is 16.3 Å². The number of halogens is 2. The molecule has 0 saturated carbocycles. The van der Waals surface area contributed by atoms with E-state index >= 15 is 0 Å². The lowest BCUT2D eigenvalue weighted by Crippen LogP contribution is -2.49. The quantitative estimate of drug-likeness (QED) is 0.884. The minimum absolute atomic E-state index is 0. The van der Waals surface area contributed by atoms with Crippen molar-refractivity contribution < 1.29 is 9.53 Å². The number of carbonyl (C=O) groups is 1. The SMILES string of the molecule is COc1ccc(Cl)cc1CC(=O)N1CCNCC1c1cccnc1.Cl. The number of rotatable bonds is 4. The number of carbonyl (C=O) groups excluding carboxylic acids is 1. The topological polar surface area (TPSA) is 54.5 Å². The fourth-order valence-corrected chi connectivity index (χ4v) is 3.22. The monoisotopic (exact) mass is 381 g/mol. The lowest BCUT2D eigenvalue weighted by Gasteiger charge is -2.36. The molecule has 1 fully saturated rings. The molecule has 5 nitrogen and oxygen atoms in total. The van der Waals surface area contributed by atoms with Gasteiger partial charge >= 0.3 is 0 Å². The van der Waals surface area contributed by atoms with Crippen LogP contribution >= 0.6 is 24.0 Å². The van der Waals surface area contributed by atoms with Gasteiger partial charge in [0.1, 0.15) is 5.75 Å². The first-order chi connectivity index (χ1) is 11.7. The van der Waals surface area contributed by atoms with E-state index in [2.05, 4.69) is 10.3 Å². The summed E-state index contributed by atoms with van der Waals surface area (Å²) in [6, 6.07) is 9.24. The van der Waals surface area contributed by atoms with Gasteiger partial charge in [0.2, 0.25) is 5.91 Å². The van der Waals surface area contributed by atoms with Crippen LogP contribution < -0.4 is 10.1 Å². The van der Waals surface area contributed by atoms with Crippen LogP contribution in [0.4, 0.5) is 0 Å². The zero-order valence-corrected chi connectivity index (χ0v) is 15.5. The van der Waals surface area contributed by atoms with Crippen molar-refractivity contribution >= 4 is 29.9 Å². The Hall–Kier alpha value is -1.82. The van der Waals surface area contributed by atoms with Crippen LogP contribution in [-0.2, 0) is 11.2 Å². The van der Waals surface area contributed by atoms with Crippen LogP contribution in [0.1, 0.15) is 17.2 Å². The maximum absolute atomic E-state index is 12.9. The van der Waals surface area contributed by atoms with Gasteiger partial charge in [-0.05, 0) is 29.8 Å². The van der Waals surface area contributed by atoms with Crippen molar-refractivity contribution in [1.82, 2.24) is 15.2 Å². The molecular weight excluding hydrogens is 361 g/mol. The summed E-state index contributed by atoms with van der Waals surface area (Å²) < 4.78 is 5.35. The Morgan fingerprint density at radius 2 is 2.28 bits per heavy atom. The van der Waals surface area contributed by atoms with E-state index in [1.807, 2.05) is 23.2 Å². The van der Waals surface area contributed by atoms with Crippen molar-refractivity contribution in [2.24, 2.45) is 0 Å². The molecule has 1 amide bonds. The Kier molecular flexibility index (Phi) is 7.05. The second-order valence-corrected chi connectivity index (χ2v) is 6.16. The Morgan fingerprint density at radius 3 is 3.00 bits per heavy atom. The predicted molar refractivity (Wildman–Crippen MR) is 101 cm³/mol. The number of hydrogen-bond donors (Lipinski definition) is 1. The molecule has 134 valence electrons. The fraction of sp³-hybridized carbons (Fsp3) is 0.333. The van der Waals surface area contributed by atoms with Crippen LogP contribution in [0.3, 0.4) is 0 Å². The molecule has 0 radical (unpaired) electrons. The van der Waals surface area contributed by atoms with E-state index < -0.39 is 0 Å². The molecule has 1 saturated heterocycles. The third kappa shape index (κ3) is 4.63. The van der Waals surface area contributed by atoms with Gasteiger partial charge in [-0.1, -0.05) is 17.7 Å². The number of nitrogens with one attached hydrogen (secondary N) is 1. The molecular formula is C18H21Cl2N3O2. The van der Waals surface area contributed by atoms with Crippen LogP contribution in [0.15, 0.2) is 42.7 Å². The Morgan fingerprint density at radius 1 is 1.44 bits per heavy atom. The highest BCUT2D eigenvalue weighted by Gasteiger charge is 2.28. The number of nitrogens with zero attached hydrogens (tertiary/aromatic N) is 2. The molecule has 0 aliphatic carbocycles. The first-order valence-electron chi connectivity index (χ1n) is 7.91. The summed E-state index contributed by atoms with van der Waals surface area (Å²) in [7, 11) is 1.60. The van der Waals surface area contributed by atoms with Gasteiger partial charge in [-0.3, -0.25) is 9.78 Å². The fourth-order valence-electron chi connectivity index (χ4n) is 3.02. The normalized spacial score (nSPS) is 16.9. The van der Waals surface area contributed by atoms with E-state index in [0.29, 0.717) is 17.3 Å². The average Bonchev–Trinajstić information content (AvgIpc) is 2.62. The summed E-state index contributed by atoms with van der Waals surface area (Å²) in [4.78, 5) is 19.0. The molecule has 1 N–H and O–H groups in total. The lowest BCUT2D eigenvalue weighted by molar-refractivity contribution is -0.133. The number of benzene rings is 1. The molecule has 7 heteroatoms. The number of amides is 1. The molecule has 3 rings (SSSR count). The molecule has 0 bridgehead atoms. The Labute approximate surface area is 158 Å². The molecule has 1 aliphatic rings. The number of aromatic nitrogens is 1. The van der Waals surface area contributed by atoms with Gasteiger partial charge in [0.05, 0.1) is 19.6 Å². The molecule has 25 heavy (non-hydrogen) atoms. The molecule has 1 unspecified atom stereocenters. The van der Waals surface area contributed by atoms with Crippen molar-refractivity contribution in [1.29, 1.82) is 0 Å². The summed E-state index contributed by atoms with van der Waals surface area (Å²) in [5.74, 6) is 0.742. The molecule has 2 heterocycles. The van der Waals surface area contributed by atoms with Gasteiger partial charge in [0.15, 0.2) is 0 Å². The maximum atomic E-state index is 12.9. The van der Waals surface area contributed by atoms with Gasteiger partial charge in [-0.25, -0.2) is 0 Å². The first-order valence-corrected chi connectivity index (χ1v) is 8.29. The summed E-state index contributed by atoms with van der Waals surface area (Å²) in [6.07, 6.45) is 3.82. The van der Waals surface area contributed by atoms with Crippen molar-refractivity contribution in [2.45, 2.75) is 12.5 Å². The van der Waals surface area contributed by atoms with Gasteiger partial charge in [-0.15, -0.1) is 12.4 Å². The molecule has 1 aromatic carbocycles. The van der Waals surface area contributed by atoms with Gasteiger partial charge in [-0.2, -0.15) is 0 Å². The standard InChI is InChI=1S/C18H20ClN3O2.ClH/c1-24-17-5-4-15(19)9-14(17)10-18(23)22-8-7-21-12-16(22)13-3-2-6-20-11-13;/h2-6,9,11,16,21H,7-8,10,12H2,1H3;1H. The van der Waals surface area contributed by atoms with Crippen molar-refractivity contribution in [3.8, 4) is 5.75 Å². The Balaban J connectivity index is 0.00000225. The highest BCUT2D eigenvalue weighted by Crippen LogP contribution is 2.26. The minimum Gasteiger partial charge on any atom is -0.496 e. The van der Waals surface area contributed by atoms with Crippen LogP contribution in [0, 0.1) is 0 Å². The van der Waals surface area contributed by atoms with Gasteiger partial charge in [0.25, 0.3) is 0 Å². The number of hydrogen-bond acceptors (Lipinski definition) is 4. The summed E-state index contributed by atoms with van der Waals surface area (Å²) in [5, 5.41) is 3.95. The van der Waals surface area contributed by atoms with Crippen LogP contribution in [-0.4, -0.2) is 42.5 Å². The molecule has 0 spiro atoms. The highest BCUT2D eigenvalue weighted by atomic mass is 35.5. The third-order valence-corrected chi connectivity index (χ3v) is 4.45. The Bertz CT molecular complexity index is 713.